The monoisotopic (exact) mass is 313 g/mol. The number of aromatic nitrogens is 1. The molecule has 2 aliphatic rings. The molecule has 0 bridgehead atoms. The minimum absolute atomic E-state index is 0.0977. The van der Waals surface area contributed by atoms with Crippen molar-refractivity contribution in [1.29, 1.82) is 0 Å². The van der Waals surface area contributed by atoms with Crippen LogP contribution in [0.2, 0.25) is 0 Å². The largest absolute Gasteiger partial charge is 0.347 e. The van der Waals surface area contributed by atoms with Gasteiger partial charge in [-0.3, -0.25) is 4.79 Å². The molecule has 0 aromatic carbocycles. The molecule has 1 aliphatic heterocycles. The predicted molar refractivity (Wildman–Crippen MR) is 99.2 cm³/mol. The molecule has 126 valence electrons. The maximum Gasteiger partial charge on any atom is 0.180 e. The minimum Gasteiger partial charge on any atom is -0.347 e. The van der Waals surface area contributed by atoms with Crippen molar-refractivity contribution in [3.63, 3.8) is 0 Å². The molecule has 0 spiro atoms. The van der Waals surface area contributed by atoms with E-state index in [0.717, 1.165) is 17.8 Å². The molecule has 0 saturated heterocycles. The van der Waals surface area contributed by atoms with Crippen molar-refractivity contribution in [2.75, 3.05) is 0 Å². The number of hydrogen-bond acceptors (Lipinski definition) is 1. The summed E-state index contributed by atoms with van der Waals surface area (Å²) in [5, 5.41) is 0. The zero-order valence-electron chi connectivity index (χ0n) is 14.6. The van der Waals surface area contributed by atoms with Gasteiger partial charge in [0.25, 0.3) is 0 Å². The second kappa shape index (κ2) is 10.3. The normalized spacial score (nSPS) is 11.2. The zero-order chi connectivity index (χ0) is 16.3. The van der Waals surface area contributed by atoms with Crippen molar-refractivity contribution in [3.8, 4) is 11.3 Å². The standard InChI is InChI=1S/C21H31NO/c1-2-3-4-5-6-7-8-9-10-11-16-22-17-12-13-19-14-15-20(23)18-21(19)22/h12-15,17-18H,2-11,16H2,1H3. The Morgan fingerprint density at radius 1 is 0.826 bits per heavy atom. The Morgan fingerprint density at radius 2 is 1.48 bits per heavy atom. The molecular weight excluding hydrogens is 282 g/mol. The summed E-state index contributed by atoms with van der Waals surface area (Å²) in [6.45, 7) is 3.28. The average molecular weight is 313 g/mol. The molecule has 0 unspecified atom stereocenters. The average Bonchev–Trinajstić information content (AvgIpc) is 2.57. The van der Waals surface area contributed by atoms with Gasteiger partial charge in [-0.25, -0.2) is 0 Å². The van der Waals surface area contributed by atoms with Crippen LogP contribution in [0, 0.1) is 0 Å². The molecule has 2 heteroatoms. The van der Waals surface area contributed by atoms with Crippen LogP contribution in [0.15, 0.2) is 41.3 Å². The number of nitrogens with zero attached hydrogens (tertiary/aromatic N) is 1. The summed E-state index contributed by atoms with van der Waals surface area (Å²) in [6, 6.07) is 9.47. The Balaban J connectivity index is 1.64. The lowest BCUT2D eigenvalue weighted by Crippen LogP contribution is -2.07. The Hall–Kier alpha value is -1.57. The Kier molecular flexibility index (Phi) is 7.92. The zero-order valence-corrected chi connectivity index (χ0v) is 14.6. The molecule has 2 nitrogen and oxygen atoms in total. The highest BCUT2D eigenvalue weighted by atomic mass is 16.1. The molecule has 0 radical (unpaired) electrons. The molecule has 0 aromatic heterocycles. The Labute approximate surface area is 140 Å². The van der Waals surface area contributed by atoms with Gasteiger partial charge in [-0.15, -0.1) is 0 Å². The van der Waals surface area contributed by atoms with Gasteiger partial charge < -0.3 is 4.57 Å². The highest BCUT2D eigenvalue weighted by molar-refractivity contribution is 5.60. The molecule has 0 saturated carbocycles. The van der Waals surface area contributed by atoms with E-state index in [1.165, 1.54) is 64.2 Å². The van der Waals surface area contributed by atoms with Crippen molar-refractivity contribution in [2.45, 2.75) is 77.7 Å². The van der Waals surface area contributed by atoms with Gasteiger partial charge in [0.15, 0.2) is 5.43 Å². The third-order valence-corrected chi connectivity index (χ3v) is 4.61. The van der Waals surface area contributed by atoms with E-state index in [2.05, 4.69) is 29.8 Å². The number of fused-ring (bicyclic) bond motifs is 1. The van der Waals surface area contributed by atoms with E-state index in [0.29, 0.717) is 0 Å². The van der Waals surface area contributed by atoms with Crippen LogP contribution in [-0.4, -0.2) is 4.57 Å². The maximum atomic E-state index is 11.6. The maximum absolute atomic E-state index is 11.6. The van der Waals surface area contributed by atoms with E-state index in [1.807, 2.05) is 6.07 Å². The fourth-order valence-corrected chi connectivity index (χ4v) is 3.21. The number of pyridine rings is 1. The van der Waals surface area contributed by atoms with Crippen molar-refractivity contribution in [2.24, 2.45) is 0 Å². The van der Waals surface area contributed by atoms with Gasteiger partial charge in [0.05, 0.1) is 5.69 Å². The van der Waals surface area contributed by atoms with Crippen molar-refractivity contribution in [1.82, 2.24) is 4.57 Å². The summed E-state index contributed by atoms with van der Waals surface area (Å²) < 4.78 is 2.22. The fourth-order valence-electron chi connectivity index (χ4n) is 3.21. The molecule has 2 rings (SSSR count). The first-order chi connectivity index (χ1) is 11.3. The number of rotatable bonds is 11. The van der Waals surface area contributed by atoms with Crippen molar-refractivity contribution >= 4 is 0 Å². The first-order valence-corrected chi connectivity index (χ1v) is 9.40. The summed E-state index contributed by atoms with van der Waals surface area (Å²) in [5.41, 5.74) is 2.32. The first kappa shape index (κ1) is 17.8. The van der Waals surface area contributed by atoms with Crippen LogP contribution in [0.3, 0.4) is 0 Å². The molecule has 0 N–H and O–H groups in total. The first-order valence-electron chi connectivity index (χ1n) is 9.40. The van der Waals surface area contributed by atoms with E-state index in [1.54, 1.807) is 12.1 Å². The fraction of sp³-hybridized carbons (Fsp3) is 0.571. The van der Waals surface area contributed by atoms with Crippen LogP contribution in [0.1, 0.15) is 71.1 Å². The highest BCUT2D eigenvalue weighted by Gasteiger charge is 2.05. The van der Waals surface area contributed by atoms with Gasteiger partial charge in [-0.1, -0.05) is 70.8 Å². The molecule has 1 aliphatic carbocycles. The van der Waals surface area contributed by atoms with Crippen LogP contribution in [-0.2, 0) is 6.54 Å². The van der Waals surface area contributed by atoms with E-state index in [9.17, 15) is 4.79 Å². The van der Waals surface area contributed by atoms with Gasteiger partial charge in [0.1, 0.15) is 0 Å². The third-order valence-electron chi connectivity index (χ3n) is 4.61. The number of unbranched alkanes of at least 4 members (excludes halogenated alkanes) is 9. The van der Waals surface area contributed by atoms with E-state index < -0.39 is 0 Å². The predicted octanol–water partition coefficient (Wildman–Crippen LogP) is 5.87. The molecule has 23 heavy (non-hydrogen) atoms. The lowest BCUT2D eigenvalue weighted by Gasteiger charge is -2.14. The van der Waals surface area contributed by atoms with Crippen LogP contribution >= 0.6 is 0 Å². The van der Waals surface area contributed by atoms with Gasteiger partial charge >= 0.3 is 0 Å². The van der Waals surface area contributed by atoms with E-state index >= 15 is 0 Å². The van der Waals surface area contributed by atoms with Gasteiger partial charge in [-0.05, 0) is 30.2 Å². The smallest absolute Gasteiger partial charge is 0.180 e. The molecular formula is C21H31NO. The van der Waals surface area contributed by atoms with Gasteiger partial charge in [0.2, 0.25) is 0 Å². The third kappa shape index (κ3) is 6.21. The molecule has 1 heterocycles. The topological polar surface area (TPSA) is 22.0 Å². The lowest BCUT2D eigenvalue weighted by atomic mass is 10.1. The van der Waals surface area contributed by atoms with Crippen LogP contribution in [0.25, 0.3) is 11.3 Å². The van der Waals surface area contributed by atoms with Crippen molar-refractivity contribution in [3.05, 3.63) is 46.8 Å². The van der Waals surface area contributed by atoms with Crippen LogP contribution in [0.5, 0.6) is 0 Å². The van der Waals surface area contributed by atoms with Crippen LogP contribution in [0.4, 0.5) is 0 Å². The number of benzene rings is 1. The molecule has 0 fully saturated rings. The van der Waals surface area contributed by atoms with Crippen LogP contribution < -0.4 is 5.43 Å². The van der Waals surface area contributed by atoms with Crippen molar-refractivity contribution < 1.29 is 0 Å². The molecule has 0 amide bonds. The number of hydrogen-bond donors (Lipinski definition) is 0. The van der Waals surface area contributed by atoms with Gasteiger partial charge in [-0.2, -0.15) is 0 Å². The summed E-state index contributed by atoms with van der Waals surface area (Å²) in [4.78, 5) is 11.6. The molecule has 0 aromatic rings. The second-order valence-corrected chi connectivity index (χ2v) is 6.60. The number of aryl methyl sites for hydroxylation is 1. The van der Waals surface area contributed by atoms with Gasteiger partial charge in [0, 0.05) is 18.8 Å². The lowest BCUT2D eigenvalue weighted by molar-refractivity contribution is 0.535. The summed E-state index contributed by atoms with van der Waals surface area (Å²) in [7, 11) is 0. The Morgan fingerprint density at radius 3 is 2.17 bits per heavy atom. The van der Waals surface area contributed by atoms with E-state index in [4.69, 9.17) is 0 Å². The Bertz CT molecular complexity index is 587. The minimum atomic E-state index is 0.0977. The molecule has 0 atom stereocenters. The second-order valence-electron chi connectivity index (χ2n) is 6.60. The summed E-state index contributed by atoms with van der Waals surface area (Å²) in [6.07, 6.45) is 15.6. The van der Waals surface area contributed by atoms with E-state index in [-0.39, 0.29) is 5.43 Å². The SMILES string of the molecule is CCCCCCCCCCCCn1cccc2ccc(=O)cc1-2. The quantitative estimate of drug-likeness (QED) is 0.475. The highest BCUT2D eigenvalue weighted by Crippen LogP contribution is 2.19. The summed E-state index contributed by atoms with van der Waals surface area (Å²) in [5.74, 6) is 0. The summed E-state index contributed by atoms with van der Waals surface area (Å²) >= 11 is 0.